The summed E-state index contributed by atoms with van der Waals surface area (Å²) in [6.07, 6.45) is -1.18. The Labute approximate surface area is 87.7 Å². The van der Waals surface area contributed by atoms with E-state index in [1.54, 1.807) is 0 Å². The highest BCUT2D eigenvalue weighted by atomic mass is 79.9. The number of aliphatic hydroxyl groups is 1. The van der Waals surface area contributed by atoms with Crippen LogP contribution in [0.3, 0.4) is 0 Å². The molecule has 5 heteroatoms. The van der Waals surface area contributed by atoms with Gasteiger partial charge in [-0.05, 0) is 28.9 Å². The lowest BCUT2D eigenvalue weighted by atomic mass is 10.1. The molecule has 0 aliphatic carbocycles. The molecule has 0 spiro atoms. The van der Waals surface area contributed by atoms with Crippen molar-refractivity contribution in [3.63, 3.8) is 0 Å². The number of halogens is 4. The molecule has 1 rings (SSSR count). The Kier molecular flexibility index (Phi) is 3.55. The van der Waals surface area contributed by atoms with Gasteiger partial charge in [0.1, 0.15) is 5.82 Å². The summed E-state index contributed by atoms with van der Waals surface area (Å²) in [6.45, 7) is 1.37. The van der Waals surface area contributed by atoms with Crippen LogP contribution in [0.15, 0.2) is 10.5 Å². The van der Waals surface area contributed by atoms with Crippen LogP contribution in [0, 0.1) is 17.5 Å². The van der Waals surface area contributed by atoms with Crippen molar-refractivity contribution in [2.45, 2.75) is 19.4 Å². The third-order valence-electron chi connectivity index (χ3n) is 1.70. The predicted molar refractivity (Wildman–Crippen MR) is 49.4 cm³/mol. The van der Waals surface area contributed by atoms with Gasteiger partial charge in [-0.1, -0.05) is 0 Å². The molecule has 0 saturated heterocycles. The summed E-state index contributed by atoms with van der Waals surface area (Å²) >= 11 is 2.76. The van der Waals surface area contributed by atoms with Gasteiger partial charge in [0.05, 0.1) is 10.6 Å². The summed E-state index contributed by atoms with van der Waals surface area (Å²) in [5.74, 6) is -3.25. The van der Waals surface area contributed by atoms with Crippen molar-refractivity contribution < 1.29 is 18.3 Å². The third kappa shape index (κ3) is 2.27. The largest absolute Gasteiger partial charge is 0.393 e. The predicted octanol–water partition coefficient (Wildman–Crippen LogP) is 2.79. The molecule has 0 saturated carbocycles. The van der Waals surface area contributed by atoms with E-state index in [1.165, 1.54) is 6.92 Å². The minimum atomic E-state index is -1.24. The zero-order valence-electron chi connectivity index (χ0n) is 7.32. The van der Waals surface area contributed by atoms with E-state index in [0.29, 0.717) is 0 Å². The Morgan fingerprint density at radius 1 is 1.36 bits per heavy atom. The number of hydrogen-bond acceptors (Lipinski definition) is 1. The van der Waals surface area contributed by atoms with Crippen LogP contribution < -0.4 is 0 Å². The van der Waals surface area contributed by atoms with Crippen molar-refractivity contribution >= 4 is 15.9 Å². The van der Waals surface area contributed by atoms with Gasteiger partial charge in [0.2, 0.25) is 0 Å². The molecule has 0 amide bonds. The third-order valence-corrected chi connectivity index (χ3v) is 2.28. The fourth-order valence-corrected chi connectivity index (χ4v) is 1.54. The average molecular weight is 269 g/mol. The standard InChI is InChI=1S/C9H8BrF3O/c1-4(14)2-5-8(12)6(10)3-7(11)9(5)13/h3-4,14H,2H2,1H3. The van der Waals surface area contributed by atoms with Crippen molar-refractivity contribution in [1.82, 2.24) is 0 Å². The van der Waals surface area contributed by atoms with E-state index in [4.69, 9.17) is 5.11 Å². The smallest absolute Gasteiger partial charge is 0.165 e. The van der Waals surface area contributed by atoms with Crippen molar-refractivity contribution in [1.29, 1.82) is 0 Å². The lowest BCUT2D eigenvalue weighted by Gasteiger charge is -2.09. The van der Waals surface area contributed by atoms with Crippen LogP contribution >= 0.6 is 15.9 Å². The molecule has 1 atom stereocenters. The van der Waals surface area contributed by atoms with Crippen LogP contribution in [0.1, 0.15) is 12.5 Å². The van der Waals surface area contributed by atoms with Gasteiger partial charge in [-0.25, -0.2) is 13.2 Å². The van der Waals surface area contributed by atoms with Crippen LogP contribution in [-0.4, -0.2) is 11.2 Å². The first-order valence-electron chi connectivity index (χ1n) is 3.93. The highest BCUT2D eigenvalue weighted by molar-refractivity contribution is 9.10. The molecule has 1 unspecified atom stereocenters. The summed E-state index contributed by atoms with van der Waals surface area (Å²) in [4.78, 5) is 0. The van der Waals surface area contributed by atoms with Crippen molar-refractivity contribution in [3.8, 4) is 0 Å². The average Bonchev–Trinajstić information content (AvgIpc) is 2.09. The summed E-state index contributed by atoms with van der Waals surface area (Å²) in [5.41, 5.74) is -0.438. The first-order chi connectivity index (χ1) is 6.43. The lowest BCUT2D eigenvalue weighted by Crippen LogP contribution is -2.10. The van der Waals surface area contributed by atoms with Crippen molar-refractivity contribution in [2.24, 2.45) is 0 Å². The molecule has 0 aliphatic heterocycles. The molecule has 1 aromatic rings. The Morgan fingerprint density at radius 3 is 2.43 bits per heavy atom. The molecule has 1 N–H and O–H groups in total. The molecule has 0 radical (unpaired) electrons. The van der Waals surface area contributed by atoms with Gasteiger partial charge in [-0.15, -0.1) is 0 Å². The van der Waals surface area contributed by atoms with Gasteiger partial charge in [0.15, 0.2) is 11.6 Å². The highest BCUT2D eigenvalue weighted by Crippen LogP contribution is 2.25. The van der Waals surface area contributed by atoms with Gasteiger partial charge in [-0.2, -0.15) is 0 Å². The summed E-state index contributed by atoms with van der Waals surface area (Å²) in [6, 6.07) is 0.718. The van der Waals surface area contributed by atoms with E-state index in [9.17, 15) is 13.2 Å². The minimum Gasteiger partial charge on any atom is -0.393 e. The second kappa shape index (κ2) is 4.31. The maximum atomic E-state index is 13.2. The van der Waals surface area contributed by atoms with Crippen LogP contribution in [0.4, 0.5) is 13.2 Å². The summed E-state index contributed by atoms with van der Waals surface area (Å²) in [7, 11) is 0. The first kappa shape index (κ1) is 11.5. The Balaban J connectivity index is 3.25. The molecular formula is C9H8BrF3O. The molecular weight excluding hydrogens is 261 g/mol. The number of rotatable bonds is 2. The minimum absolute atomic E-state index is 0.146. The van der Waals surface area contributed by atoms with E-state index in [1.807, 2.05) is 0 Å². The van der Waals surface area contributed by atoms with Crippen LogP contribution in [-0.2, 0) is 6.42 Å². The normalized spacial score (nSPS) is 13.0. The summed E-state index contributed by atoms with van der Waals surface area (Å²) in [5, 5.41) is 8.97. The molecule has 14 heavy (non-hydrogen) atoms. The Morgan fingerprint density at radius 2 is 1.93 bits per heavy atom. The second-order valence-electron chi connectivity index (χ2n) is 3.00. The highest BCUT2D eigenvalue weighted by Gasteiger charge is 2.18. The maximum Gasteiger partial charge on any atom is 0.165 e. The van der Waals surface area contributed by atoms with Crippen molar-refractivity contribution in [3.05, 3.63) is 33.6 Å². The van der Waals surface area contributed by atoms with Crippen LogP contribution in [0.2, 0.25) is 0 Å². The SMILES string of the molecule is CC(O)Cc1c(F)c(F)cc(Br)c1F. The first-order valence-corrected chi connectivity index (χ1v) is 4.72. The van der Waals surface area contributed by atoms with E-state index in [-0.39, 0.29) is 10.9 Å². The zero-order chi connectivity index (χ0) is 10.9. The molecule has 0 heterocycles. The monoisotopic (exact) mass is 268 g/mol. The fraction of sp³-hybridized carbons (Fsp3) is 0.333. The molecule has 0 aliphatic rings. The van der Waals surface area contributed by atoms with Crippen LogP contribution in [0.5, 0.6) is 0 Å². The van der Waals surface area contributed by atoms with E-state index < -0.39 is 29.1 Å². The zero-order valence-corrected chi connectivity index (χ0v) is 8.91. The van der Waals surface area contributed by atoms with E-state index in [2.05, 4.69) is 15.9 Å². The van der Waals surface area contributed by atoms with E-state index in [0.717, 1.165) is 6.07 Å². The number of aliphatic hydroxyl groups excluding tert-OH is 1. The molecule has 0 aromatic heterocycles. The quantitative estimate of drug-likeness (QED) is 0.818. The number of hydrogen-bond donors (Lipinski definition) is 1. The Bertz CT molecular complexity index is 326. The Hall–Kier alpha value is -0.550. The maximum absolute atomic E-state index is 13.2. The van der Waals surface area contributed by atoms with Crippen molar-refractivity contribution in [2.75, 3.05) is 0 Å². The lowest BCUT2D eigenvalue weighted by molar-refractivity contribution is 0.192. The summed E-state index contributed by atoms with van der Waals surface area (Å²) < 4.78 is 39.0. The second-order valence-corrected chi connectivity index (χ2v) is 3.85. The van der Waals surface area contributed by atoms with Gasteiger partial charge in [0.25, 0.3) is 0 Å². The topological polar surface area (TPSA) is 20.2 Å². The molecule has 1 aromatic carbocycles. The molecule has 78 valence electrons. The van der Waals surface area contributed by atoms with E-state index >= 15 is 0 Å². The van der Waals surface area contributed by atoms with Gasteiger partial charge in [-0.3, -0.25) is 0 Å². The number of benzene rings is 1. The molecule has 0 bridgehead atoms. The molecule has 0 fully saturated rings. The van der Waals surface area contributed by atoms with Gasteiger partial charge in [0, 0.05) is 12.0 Å². The van der Waals surface area contributed by atoms with Crippen LogP contribution in [0.25, 0.3) is 0 Å². The van der Waals surface area contributed by atoms with Gasteiger partial charge >= 0.3 is 0 Å². The fourth-order valence-electron chi connectivity index (χ4n) is 1.10. The van der Waals surface area contributed by atoms with Gasteiger partial charge < -0.3 is 5.11 Å². The molecule has 1 nitrogen and oxygen atoms in total.